The third kappa shape index (κ3) is 7.61. The summed E-state index contributed by atoms with van der Waals surface area (Å²) in [6.45, 7) is 10.5. The molecule has 11 heteroatoms. The van der Waals surface area contributed by atoms with Gasteiger partial charge in [0.15, 0.2) is 5.67 Å². The molecule has 2 aromatic rings. The van der Waals surface area contributed by atoms with Gasteiger partial charge in [-0.2, -0.15) is 0 Å². The highest BCUT2D eigenvalue weighted by atomic mass is 32.2. The number of aromatic nitrogens is 1. The van der Waals surface area contributed by atoms with E-state index in [4.69, 9.17) is 0 Å². The van der Waals surface area contributed by atoms with E-state index in [2.05, 4.69) is 20.9 Å². The van der Waals surface area contributed by atoms with Gasteiger partial charge in [-0.05, 0) is 64.6 Å². The summed E-state index contributed by atoms with van der Waals surface area (Å²) >= 11 is 3.06. The second-order valence-electron chi connectivity index (χ2n) is 10.5. The molecule has 3 amide bonds. The number of hydrogen-bond acceptors (Lipinski definition) is 7. The highest BCUT2D eigenvalue weighted by Crippen LogP contribution is 2.41. The number of nitrogens with zero attached hydrogens (tertiary/aromatic N) is 2. The van der Waals surface area contributed by atoms with Gasteiger partial charge in [-0.3, -0.25) is 14.4 Å². The molecular formula is C29H42FN5O3S2. The Morgan fingerprint density at radius 1 is 1.23 bits per heavy atom. The largest absolute Gasteiger partial charge is 0.350 e. The van der Waals surface area contributed by atoms with Gasteiger partial charge in [-0.25, -0.2) is 9.37 Å². The maximum Gasteiger partial charge on any atom is 0.258 e. The minimum atomic E-state index is -1.89. The number of thiazole rings is 1. The van der Waals surface area contributed by atoms with Crippen molar-refractivity contribution in [1.82, 2.24) is 25.8 Å². The molecule has 2 fully saturated rings. The van der Waals surface area contributed by atoms with Crippen LogP contribution in [-0.4, -0.2) is 69.6 Å². The molecule has 2 heterocycles. The topological polar surface area (TPSA) is 103 Å². The van der Waals surface area contributed by atoms with Crippen LogP contribution in [0.15, 0.2) is 29.8 Å². The van der Waals surface area contributed by atoms with Crippen molar-refractivity contribution in [3.63, 3.8) is 0 Å². The lowest BCUT2D eigenvalue weighted by Crippen LogP contribution is -2.61. The maximum absolute atomic E-state index is 14.5. The first-order chi connectivity index (χ1) is 19.1. The number of rotatable bonds is 11. The van der Waals surface area contributed by atoms with Crippen molar-refractivity contribution < 1.29 is 18.8 Å². The Bertz CT molecular complexity index is 1170. The molecule has 0 spiro atoms. The van der Waals surface area contributed by atoms with Crippen LogP contribution in [0.5, 0.6) is 0 Å². The SMILES string of the molecule is CC.CNCSC(C)(C)C(NC(=O)C1(F)CC1)C(=O)N1CCCC1C(=O)NCc1ccc(-c2scnc2C)cc1. The molecule has 8 nitrogen and oxygen atoms in total. The summed E-state index contributed by atoms with van der Waals surface area (Å²) in [6.07, 6.45) is 1.57. The number of amides is 3. The van der Waals surface area contributed by atoms with Crippen LogP contribution in [0.3, 0.4) is 0 Å². The minimum absolute atomic E-state index is 0.170. The Kier molecular flexibility index (Phi) is 11.1. The third-order valence-electron chi connectivity index (χ3n) is 7.17. The summed E-state index contributed by atoms with van der Waals surface area (Å²) in [6, 6.07) is 6.39. The first kappa shape index (κ1) is 32.0. The zero-order valence-corrected chi connectivity index (χ0v) is 25.9. The number of carbonyl (C=O) groups excluding carboxylic acids is 3. The van der Waals surface area contributed by atoms with Gasteiger partial charge in [-0.15, -0.1) is 23.1 Å². The van der Waals surface area contributed by atoms with Gasteiger partial charge in [0.2, 0.25) is 11.8 Å². The van der Waals surface area contributed by atoms with Crippen LogP contribution in [0.4, 0.5) is 4.39 Å². The normalized spacial score (nSPS) is 18.4. The van der Waals surface area contributed by atoms with Gasteiger partial charge in [-0.1, -0.05) is 38.1 Å². The molecule has 40 heavy (non-hydrogen) atoms. The molecule has 1 aliphatic heterocycles. The molecule has 0 radical (unpaired) electrons. The molecule has 4 rings (SSSR count). The highest BCUT2D eigenvalue weighted by Gasteiger charge is 2.53. The summed E-state index contributed by atoms with van der Waals surface area (Å²) in [5.41, 5.74) is 2.96. The number of aryl methyl sites for hydroxylation is 1. The van der Waals surface area contributed by atoms with Crippen molar-refractivity contribution in [3.8, 4) is 10.4 Å². The predicted octanol–water partition coefficient (Wildman–Crippen LogP) is 4.43. The van der Waals surface area contributed by atoms with Crippen LogP contribution in [0.25, 0.3) is 10.4 Å². The van der Waals surface area contributed by atoms with Crippen molar-refractivity contribution in [1.29, 1.82) is 0 Å². The van der Waals surface area contributed by atoms with Gasteiger partial charge < -0.3 is 20.9 Å². The van der Waals surface area contributed by atoms with Crippen molar-refractivity contribution in [2.24, 2.45) is 0 Å². The summed E-state index contributed by atoms with van der Waals surface area (Å²) in [5.74, 6) is -0.768. The standard InChI is InChI=1S/C27H36FN5O3S2.C2H6/c1-17-21(37-16-31-17)19-9-7-18(8-10-19)14-30-23(34)20-6-5-13-33(20)24(35)22(26(2,3)38-15-29-4)32-25(36)27(28)11-12-27;1-2/h7-10,16,20,22,29H,5-6,11-15H2,1-4H3,(H,30,34)(H,32,36);1-2H3. The van der Waals surface area contributed by atoms with Gasteiger partial charge in [0, 0.05) is 23.7 Å². The van der Waals surface area contributed by atoms with Crippen molar-refractivity contribution in [2.75, 3.05) is 19.5 Å². The van der Waals surface area contributed by atoms with Crippen molar-refractivity contribution in [3.05, 3.63) is 41.0 Å². The number of carbonyl (C=O) groups is 3. The Balaban J connectivity index is 0.00000216. The monoisotopic (exact) mass is 591 g/mol. The maximum atomic E-state index is 14.5. The van der Waals surface area contributed by atoms with E-state index in [1.807, 2.05) is 64.4 Å². The molecule has 2 atom stereocenters. The average molecular weight is 592 g/mol. The molecule has 1 aromatic heterocycles. The van der Waals surface area contributed by atoms with E-state index < -0.39 is 28.4 Å². The minimum Gasteiger partial charge on any atom is -0.350 e. The molecule has 2 unspecified atom stereocenters. The Morgan fingerprint density at radius 2 is 1.90 bits per heavy atom. The molecule has 220 valence electrons. The van der Waals surface area contributed by atoms with Crippen LogP contribution in [-0.2, 0) is 20.9 Å². The molecule has 1 aliphatic carbocycles. The molecule has 2 aliphatic rings. The van der Waals surface area contributed by atoms with E-state index in [1.165, 1.54) is 11.8 Å². The predicted molar refractivity (Wildman–Crippen MR) is 161 cm³/mol. The second kappa shape index (κ2) is 13.9. The molecule has 1 aromatic carbocycles. The van der Waals surface area contributed by atoms with E-state index in [1.54, 1.807) is 23.3 Å². The summed E-state index contributed by atoms with van der Waals surface area (Å²) in [7, 11) is 1.80. The summed E-state index contributed by atoms with van der Waals surface area (Å²) < 4.78 is 13.8. The van der Waals surface area contributed by atoms with Crippen molar-refractivity contribution >= 4 is 40.8 Å². The number of halogens is 1. The third-order valence-corrected chi connectivity index (χ3v) is 9.56. The Hall–Kier alpha value is -2.50. The zero-order chi connectivity index (χ0) is 29.5. The smallest absolute Gasteiger partial charge is 0.258 e. The van der Waals surface area contributed by atoms with Crippen LogP contribution >= 0.6 is 23.1 Å². The molecular weight excluding hydrogens is 549 g/mol. The first-order valence-electron chi connectivity index (χ1n) is 13.9. The number of likely N-dealkylation sites (tertiary alicyclic amines) is 1. The lowest BCUT2D eigenvalue weighted by Gasteiger charge is -2.37. The van der Waals surface area contributed by atoms with Gasteiger partial charge >= 0.3 is 0 Å². The van der Waals surface area contributed by atoms with Crippen LogP contribution in [0.2, 0.25) is 0 Å². The fourth-order valence-electron chi connectivity index (χ4n) is 4.60. The Morgan fingerprint density at radius 3 is 2.48 bits per heavy atom. The summed E-state index contributed by atoms with van der Waals surface area (Å²) in [4.78, 5) is 46.5. The van der Waals surface area contributed by atoms with E-state index in [0.717, 1.165) is 21.7 Å². The Labute approximate surface area is 245 Å². The fraction of sp³-hybridized carbons (Fsp3) is 0.586. The van der Waals surface area contributed by atoms with Crippen LogP contribution in [0, 0.1) is 6.92 Å². The fourth-order valence-corrected chi connectivity index (χ4v) is 6.25. The van der Waals surface area contributed by atoms with E-state index in [0.29, 0.717) is 31.8 Å². The average Bonchev–Trinajstić information content (AvgIpc) is 3.32. The quantitative estimate of drug-likeness (QED) is 0.334. The van der Waals surface area contributed by atoms with Crippen molar-refractivity contribution in [2.45, 2.75) is 89.3 Å². The molecule has 1 saturated heterocycles. The van der Waals surface area contributed by atoms with E-state index in [-0.39, 0.29) is 24.7 Å². The van der Waals surface area contributed by atoms with E-state index >= 15 is 0 Å². The number of alkyl halides is 1. The zero-order valence-electron chi connectivity index (χ0n) is 24.3. The number of thioether (sulfide) groups is 1. The van der Waals surface area contributed by atoms with E-state index in [9.17, 15) is 18.8 Å². The lowest BCUT2D eigenvalue weighted by molar-refractivity contribution is -0.143. The van der Waals surface area contributed by atoms with Gasteiger partial charge in [0.1, 0.15) is 12.1 Å². The van der Waals surface area contributed by atoms with Crippen LogP contribution in [0.1, 0.15) is 64.6 Å². The number of benzene rings is 1. The summed E-state index contributed by atoms with van der Waals surface area (Å²) in [5, 5.41) is 8.71. The number of nitrogens with one attached hydrogen (secondary N) is 3. The first-order valence-corrected chi connectivity index (χ1v) is 15.8. The lowest BCUT2D eigenvalue weighted by atomic mass is 10.00. The molecule has 3 N–H and O–H groups in total. The number of hydrogen-bond donors (Lipinski definition) is 3. The van der Waals surface area contributed by atoms with Gasteiger partial charge in [0.25, 0.3) is 5.91 Å². The highest BCUT2D eigenvalue weighted by molar-refractivity contribution is 8.00. The molecule has 0 bridgehead atoms. The molecule has 1 saturated carbocycles. The van der Waals surface area contributed by atoms with Crippen LogP contribution < -0.4 is 16.0 Å². The second-order valence-corrected chi connectivity index (χ2v) is 13.0. The van der Waals surface area contributed by atoms with Gasteiger partial charge in [0.05, 0.1) is 16.1 Å².